The summed E-state index contributed by atoms with van der Waals surface area (Å²) < 4.78 is 0. The number of carboxylic acids is 1. The lowest BCUT2D eigenvalue weighted by Crippen LogP contribution is -2.57. The molecule has 1 aromatic rings. The van der Waals surface area contributed by atoms with Gasteiger partial charge in [0.15, 0.2) is 12.0 Å². The number of nitrogens with zero attached hydrogens (tertiary/aromatic N) is 2. The first-order valence-electron chi connectivity index (χ1n) is 10.5. The van der Waals surface area contributed by atoms with Crippen molar-refractivity contribution < 1.29 is 29.4 Å². The van der Waals surface area contributed by atoms with Crippen LogP contribution >= 0.6 is 0 Å². The fourth-order valence-electron chi connectivity index (χ4n) is 2.82. The molecule has 1 aromatic heterocycles. The minimum absolute atomic E-state index is 0.0561. The Balaban J connectivity index is 2.79. The Bertz CT molecular complexity index is 854. The monoisotopic (exact) mass is 483 g/mol. The highest BCUT2D eigenvalue weighted by Crippen LogP contribution is 2.03. The van der Waals surface area contributed by atoms with Crippen LogP contribution < -0.4 is 33.2 Å². The normalized spacial score (nSPS) is 15.2. The van der Waals surface area contributed by atoms with E-state index in [9.17, 15) is 29.4 Å². The second kappa shape index (κ2) is 13.7. The maximum Gasteiger partial charge on any atom is 0.328 e. The van der Waals surface area contributed by atoms with Gasteiger partial charge >= 0.3 is 5.97 Å². The van der Waals surface area contributed by atoms with Gasteiger partial charge in [0.1, 0.15) is 12.1 Å². The largest absolute Gasteiger partial charge is 0.480 e. The first-order valence-corrected chi connectivity index (χ1v) is 10.5. The molecule has 0 aromatic carbocycles. The van der Waals surface area contributed by atoms with E-state index in [4.69, 9.17) is 17.2 Å². The van der Waals surface area contributed by atoms with Crippen molar-refractivity contribution in [2.75, 3.05) is 6.54 Å². The first-order chi connectivity index (χ1) is 15.9. The van der Waals surface area contributed by atoms with Gasteiger partial charge in [-0.1, -0.05) is 0 Å². The van der Waals surface area contributed by atoms with Gasteiger partial charge in [-0.05, 0) is 26.7 Å². The molecule has 15 heteroatoms. The number of aromatic amines is 1. The summed E-state index contributed by atoms with van der Waals surface area (Å²) in [5.74, 6) is -3.71. The molecule has 5 atom stereocenters. The number of aliphatic hydroxyl groups is 1. The summed E-state index contributed by atoms with van der Waals surface area (Å²) in [5, 5.41) is 25.9. The highest BCUT2D eigenvalue weighted by molar-refractivity contribution is 5.94. The maximum absolute atomic E-state index is 12.7. The zero-order valence-electron chi connectivity index (χ0n) is 19.0. The third-order valence-corrected chi connectivity index (χ3v) is 4.71. The van der Waals surface area contributed by atoms with E-state index in [0.29, 0.717) is 5.69 Å². The van der Waals surface area contributed by atoms with E-state index in [-0.39, 0.29) is 31.8 Å². The van der Waals surface area contributed by atoms with Crippen molar-refractivity contribution in [3.63, 3.8) is 0 Å². The van der Waals surface area contributed by atoms with Crippen LogP contribution in [0.4, 0.5) is 0 Å². The molecule has 190 valence electrons. The molecule has 1 rings (SSSR count). The van der Waals surface area contributed by atoms with E-state index in [2.05, 4.69) is 30.9 Å². The van der Waals surface area contributed by atoms with E-state index in [1.165, 1.54) is 26.4 Å². The second-order valence-corrected chi connectivity index (χ2v) is 7.69. The number of hydrogen-bond acceptors (Lipinski definition) is 8. The Morgan fingerprint density at radius 3 is 2.32 bits per heavy atom. The zero-order chi connectivity index (χ0) is 25.8. The summed E-state index contributed by atoms with van der Waals surface area (Å²) in [6.45, 7) is 2.77. The van der Waals surface area contributed by atoms with E-state index < -0.39 is 54.0 Å². The van der Waals surface area contributed by atoms with Gasteiger partial charge in [-0.25, -0.2) is 9.78 Å². The number of carbonyl (C=O) groups excluding carboxylic acids is 3. The number of carboxylic acid groups (broad SMARTS) is 1. The quantitative estimate of drug-likeness (QED) is 0.0709. The molecule has 34 heavy (non-hydrogen) atoms. The molecule has 0 aliphatic heterocycles. The van der Waals surface area contributed by atoms with Gasteiger partial charge < -0.3 is 48.3 Å². The minimum atomic E-state index is -1.58. The Kier molecular flexibility index (Phi) is 11.4. The maximum atomic E-state index is 12.7. The van der Waals surface area contributed by atoms with Gasteiger partial charge in [-0.3, -0.25) is 19.4 Å². The first kappa shape index (κ1) is 28.3. The summed E-state index contributed by atoms with van der Waals surface area (Å²) in [7, 11) is 0. The molecule has 5 unspecified atom stereocenters. The fourth-order valence-corrected chi connectivity index (χ4v) is 2.82. The second-order valence-electron chi connectivity index (χ2n) is 7.69. The van der Waals surface area contributed by atoms with Crippen LogP contribution in [0.2, 0.25) is 0 Å². The summed E-state index contributed by atoms with van der Waals surface area (Å²) in [5.41, 5.74) is 17.0. The van der Waals surface area contributed by atoms with Crippen LogP contribution in [-0.2, 0) is 25.6 Å². The molecule has 0 fully saturated rings. The van der Waals surface area contributed by atoms with Crippen LogP contribution in [0.1, 0.15) is 32.4 Å². The van der Waals surface area contributed by atoms with E-state index in [1.54, 1.807) is 0 Å². The third kappa shape index (κ3) is 9.83. The Morgan fingerprint density at radius 2 is 1.79 bits per heavy atom. The number of rotatable bonds is 14. The van der Waals surface area contributed by atoms with Crippen molar-refractivity contribution >= 4 is 29.7 Å². The molecule has 0 bridgehead atoms. The highest BCUT2D eigenvalue weighted by Gasteiger charge is 2.30. The lowest BCUT2D eigenvalue weighted by atomic mass is 10.1. The van der Waals surface area contributed by atoms with E-state index in [0.717, 1.165) is 0 Å². The van der Waals surface area contributed by atoms with Gasteiger partial charge in [-0.2, -0.15) is 0 Å². The summed E-state index contributed by atoms with van der Waals surface area (Å²) >= 11 is 0. The number of hydrogen-bond donors (Lipinski definition) is 9. The van der Waals surface area contributed by atoms with Gasteiger partial charge in [0, 0.05) is 24.9 Å². The van der Waals surface area contributed by atoms with Crippen LogP contribution in [0.5, 0.6) is 0 Å². The Morgan fingerprint density at radius 1 is 1.12 bits per heavy atom. The number of aliphatic hydroxyl groups excluding tert-OH is 1. The number of aliphatic imine (C=N–C) groups is 1. The predicted octanol–water partition coefficient (Wildman–Crippen LogP) is -3.73. The molecule has 0 radical (unpaired) electrons. The van der Waals surface area contributed by atoms with Crippen molar-refractivity contribution in [3.05, 3.63) is 18.2 Å². The van der Waals surface area contributed by atoms with Crippen molar-refractivity contribution in [1.29, 1.82) is 0 Å². The lowest BCUT2D eigenvalue weighted by Gasteiger charge is -2.24. The third-order valence-electron chi connectivity index (χ3n) is 4.71. The topological polar surface area (TPSA) is 264 Å². The molecule has 15 nitrogen and oxygen atoms in total. The van der Waals surface area contributed by atoms with Gasteiger partial charge in [0.05, 0.1) is 18.5 Å². The number of amides is 3. The molecule has 0 saturated carbocycles. The van der Waals surface area contributed by atoms with Crippen molar-refractivity contribution in [2.45, 2.75) is 63.4 Å². The number of aromatic nitrogens is 2. The molecule has 12 N–H and O–H groups in total. The average Bonchev–Trinajstić information content (AvgIpc) is 3.25. The highest BCUT2D eigenvalue weighted by atomic mass is 16.4. The number of nitrogens with one attached hydrogen (secondary N) is 4. The standard InChI is InChI=1S/C19H33N9O6/c1-9(26-16(31)12(20)6-11-7-23-8-25-11)15(30)27-13(4-3-5-24-19(21)22)17(32)28-14(10(2)29)18(33)34/h7-10,12-14,29H,3-6,20H2,1-2H3,(H,23,25)(H,26,31)(H,27,30)(H,28,32)(H,33,34)(H4,21,22,24). The van der Waals surface area contributed by atoms with Crippen molar-refractivity contribution in [2.24, 2.45) is 22.2 Å². The number of nitrogens with two attached hydrogens (primary N) is 3. The Hall–Kier alpha value is -3.72. The van der Waals surface area contributed by atoms with Crippen LogP contribution in [0.3, 0.4) is 0 Å². The zero-order valence-corrected chi connectivity index (χ0v) is 19.0. The molecular formula is C19H33N9O6. The fraction of sp³-hybridized carbons (Fsp3) is 0.579. The molecule has 0 spiro atoms. The molecule has 0 saturated heterocycles. The summed E-state index contributed by atoms with van der Waals surface area (Å²) in [6.07, 6.45) is 2.09. The summed E-state index contributed by atoms with van der Waals surface area (Å²) in [6, 6.07) is -4.76. The van der Waals surface area contributed by atoms with E-state index >= 15 is 0 Å². The Labute approximate surface area is 195 Å². The van der Waals surface area contributed by atoms with Crippen LogP contribution in [0.15, 0.2) is 17.5 Å². The lowest BCUT2D eigenvalue weighted by molar-refractivity contribution is -0.145. The number of imidazole rings is 1. The molecule has 0 aliphatic rings. The summed E-state index contributed by atoms with van der Waals surface area (Å²) in [4.78, 5) is 59.3. The van der Waals surface area contributed by atoms with Crippen molar-refractivity contribution in [1.82, 2.24) is 25.9 Å². The van der Waals surface area contributed by atoms with Crippen LogP contribution in [0, 0.1) is 0 Å². The minimum Gasteiger partial charge on any atom is -0.480 e. The number of H-pyrrole nitrogens is 1. The average molecular weight is 484 g/mol. The SMILES string of the molecule is CC(NC(=O)C(N)Cc1cnc[nH]1)C(=O)NC(CCCN=C(N)N)C(=O)NC(C(=O)O)C(C)O. The number of carbonyl (C=O) groups is 4. The van der Waals surface area contributed by atoms with E-state index in [1.807, 2.05) is 0 Å². The number of guanidine groups is 1. The van der Waals surface area contributed by atoms with Crippen LogP contribution in [0.25, 0.3) is 0 Å². The molecule has 1 heterocycles. The number of aliphatic carboxylic acids is 1. The van der Waals surface area contributed by atoms with Crippen molar-refractivity contribution in [3.8, 4) is 0 Å². The molecule has 3 amide bonds. The molecule has 0 aliphatic carbocycles. The smallest absolute Gasteiger partial charge is 0.328 e. The van der Waals surface area contributed by atoms with Gasteiger partial charge in [-0.15, -0.1) is 0 Å². The predicted molar refractivity (Wildman–Crippen MR) is 121 cm³/mol. The van der Waals surface area contributed by atoms with Gasteiger partial charge in [0.2, 0.25) is 17.7 Å². The van der Waals surface area contributed by atoms with Crippen LogP contribution in [-0.4, -0.2) is 86.6 Å². The molecular weight excluding hydrogens is 450 g/mol. The van der Waals surface area contributed by atoms with Gasteiger partial charge in [0.25, 0.3) is 0 Å².